The zero-order valence-corrected chi connectivity index (χ0v) is 12.8. The zero-order valence-electron chi connectivity index (χ0n) is 12.8. The Morgan fingerprint density at radius 2 is 1.95 bits per heavy atom. The molecule has 0 amide bonds. The first-order chi connectivity index (χ1) is 10.8. The van der Waals surface area contributed by atoms with Gasteiger partial charge in [-0.1, -0.05) is 18.2 Å². The normalized spacial score (nSPS) is 17.9. The lowest BCUT2D eigenvalue weighted by molar-refractivity contribution is 0.0374. The van der Waals surface area contributed by atoms with E-state index in [1.807, 2.05) is 24.4 Å². The first kappa shape index (κ1) is 15.5. The third-order valence-corrected chi connectivity index (χ3v) is 4.33. The number of nitrogens with zero attached hydrogens (tertiary/aromatic N) is 2. The summed E-state index contributed by atoms with van der Waals surface area (Å²) in [4.78, 5) is 2.44. The molecule has 1 saturated heterocycles. The molecule has 1 fully saturated rings. The molecule has 1 aliphatic heterocycles. The minimum absolute atomic E-state index is 0.272. The molecule has 0 aliphatic carbocycles. The molecule has 1 aliphatic rings. The van der Waals surface area contributed by atoms with Crippen molar-refractivity contribution in [1.82, 2.24) is 9.47 Å². The average molecular weight is 304 g/mol. The average Bonchev–Trinajstić information content (AvgIpc) is 2.94. The lowest BCUT2D eigenvalue weighted by Gasteiger charge is -2.26. The van der Waals surface area contributed by atoms with Crippen molar-refractivity contribution in [1.29, 1.82) is 0 Å². The maximum atomic E-state index is 9.96. The van der Waals surface area contributed by atoms with Crippen molar-refractivity contribution < 1.29 is 14.9 Å². The van der Waals surface area contributed by atoms with Gasteiger partial charge in [0.2, 0.25) is 0 Å². The summed E-state index contributed by atoms with van der Waals surface area (Å²) >= 11 is 0. The Balaban J connectivity index is 1.70. The van der Waals surface area contributed by atoms with Crippen molar-refractivity contribution in [3.05, 3.63) is 36.0 Å². The molecule has 5 nitrogen and oxygen atoms in total. The van der Waals surface area contributed by atoms with E-state index < -0.39 is 6.23 Å². The lowest BCUT2D eigenvalue weighted by Crippen LogP contribution is -2.36. The number of hydrogen-bond donors (Lipinski definition) is 2. The van der Waals surface area contributed by atoms with Gasteiger partial charge in [0.15, 0.2) is 6.23 Å². The molecule has 0 saturated carbocycles. The van der Waals surface area contributed by atoms with Crippen LogP contribution in [-0.2, 0) is 11.2 Å². The predicted octanol–water partition coefficient (Wildman–Crippen LogP) is 1.39. The van der Waals surface area contributed by atoms with Crippen LogP contribution in [0, 0.1) is 0 Å². The van der Waals surface area contributed by atoms with E-state index in [1.165, 1.54) is 5.56 Å². The monoisotopic (exact) mass is 304 g/mol. The van der Waals surface area contributed by atoms with Crippen LogP contribution in [0.1, 0.15) is 18.2 Å². The molecule has 1 aromatic carbocycles. The van der Waals surface area contributed by atoms with Crippen molar-refractivity contribution in [2.45, 2.75) is 19.1 Å². The lowest BCUT2D eigenvalue weighted by atomic mass is 10.1. The molecule has 0 spiro atoms. The standard InChI is InChI=1S/C17H24N2O3/c20-13-17(21)19-12-14(15-5-1-2-6-16(15)19)4-3-7-18-8-10-22-11-9-18/h1-2,5-6,12,17,20-21H,3-4,7-11,13H2. The van der Waals surface area contributed by atoms with Crippen molar-refractivity contribution in [2.24, 2.45) is 0 Å². The van der Waals surface area contributed by atoms with Gasteiger partial charge in [-0.2, -0.15) is 0 Å². The fraction of sp³-hybridized carbons (Fsp3) is 0.529. The van der Waals surface area contributed by atoms with Crippen LogP contribution < -0.4 is 0 Å². The summed E-state index contributed by atoms with van der Waals surface area (Å²) in [7, 11) is 0. The molecule has 120 valence electrons. The van der Waals surface area contributed by atoms with E-state index in [2.05, 4.69) is 11.0 Å². The summed E-state index contributed by atoms with van der Waals surface area (Å²) < 4.78 is 7.13. The highest BCUT2D eigenvalue weighted by atomic mass is 16.5. The van der Waals surface area contributed by atoms with Crippen LogP contribution in [0.3, 0.4) is 0 Å². The summed E-state index contributed by atoms with van der Waals surface area (Å²) in [5, 5.41) is 20.3. The highest BCUT2D eigenvalue weighted by Gasteiger charge is 2.14. The maximum Gasteiger partial charge on any atom is 0.154 e. The van der Waals surface area contributed by atoms with Gasteiger partial charge in [-0.25, -0.2) is 0 Å². The van der Waals surface area contributed by atoms with Gasteiger partial charge < -0.3 is 19.5 Å². The minimum atomic E-state index is -0.877. The van der Waals surface area contributed by atoms with Crippen molar-refractivity contribution >= 4 is 10.9 Å². The van der Waals surface area contributed by atoms with Crippen LogP contribution in [0.4, 0.5) is 0 Å². The van der Waals surface area contributed by atoms with E-state index >= 15 is 0 Å². The molecule has 2 N–H and O–H groups in total. The first-order valence-electron chi connectivity index (χ1n) is 7.97. The molecule has 0 bridgehead atoms. The maximum absolute atomic E-state index is 9.96. The van der Waals surface area contributed by atoms with Gasteiger partial charge in [0.1, 0.15) is 0 Å². The van der Waals surface area contributed by atoms with Crippen LogP contribution in [0.25, 0.3) is 10.9 Å². The summed E-state index contributed by atoms with van der Waals surface area (Å²) in [6.07, 6.45) is 3.16. The van der Waals surface area contributed by atoms with Crippen LogP contribution in [0.5, 0.6) is 0 Å². The Hall–Kier alpha value is -1.40. The minimum Gasteiger partial charge on any atom is -0.392 e. The second-order valence-corrected chi connectivity index (χ2v) is 5.80. The molecule has 1 aromatic heterocycles. The van der Waals surface area contributed by atoms with Gasteiger partial charge >= 0.3 is 0 Å². The third kappa shape index (κ3) is 3.33. The number of rotatable bonds is 6. The van der Waals surface area contributed by atoms with Gasteiger partial charge in [-0.05, 0) is 31.0 Å². The molecule has 3 rings (SSSR count). The molecule has 1 unspecified atom stereocenters. The Labute approximate surface area is 130 Å². The summed E-state index contributed by atoms with van der Waals surface area (Å²) in [6.45, 7) is 4.51. The van der Waals surface area contributed by atoms with Crippen molar-refractivity contribution in [2.75, 3.05) is 39.5 Å². The molecule has 5 heteroatoms. The topological polar surface area (TPSA) is 57.9 Å². The summed E-state index contributed by atoms with van der Waals surface area (Å²) in [5.41, 5.74) is 2.21. The van der Waals surface area contributed by atoms with E-state index in [-0.39, 0.29) is 6.61 Å². The first-order valence-corrected chi connectivity index (χ1v) is 7.97. The van der Waals surface area contributed by atoms with E-state index in [1.54, 1.807) is 4.57 Å². The van der Waals surface area contributed by atoms with Gasteiger partial charge in [-0.15, -0.1) is 0 Å². The molecular weight excluding hydrogens is 280 g/mol. The molecule has 1 atom stereocenters. The summed E-state index contributed by atoms with van der Waals surface area (Å²) in [5.74, 6) is 0. The molecule has 2 heterocycles. The molecule has 22 heavy (non-hydrogen) atoms. The van der Waals surface area contributed by atoms with Crippen LogP contribution in [-0.4, -0.2) is 59.1 Å². The number of morpholine rings is 1. The second-order valence-electron chi connectivity index (χ2n) is 5.80. The van der Waals surface area contributed by atoms with E-state index in [4.69, 9.17) is 4.74 Å². The SMILES string of the molecule is OCC(O)n1cc(CCCN2CCOCC2)c2ccccc21. The van der Waals surface area contributed by atoms with E-state index in [9.17, 15) is 10.2 Å². The number of benzene rings is 1. The number of aliphatic hydroxyl groups excluding tert-OH is 2. The Bertz CT molecular complexity index is 605. The third-order valence-electron chi connectivity index (χ3n) is 4.33. The molecule has 2 aromatic rings. The molecule has 0 radical (unpaired) electrons. The quantitative estimate of drug-likeness (QED) is 0.847. The second kappa shape index (κ2) is 7.24. The van der Waals surface area contributed by atoms with Gasteiger partial charge in [0, 0.05) is 24.7 Å². The van der Waals surface area contributed by atoms with E-state index in [0.29, 0.717) is 0 Å². The predicted molar refractivity (Wildman–Crippen MR) is 85.9 cm³/mol. The number of aliphatic hydroxyl groups is 2. The summed E-state index contributed by atoms with van der Waals surface area (Å²) in [6, 6.07) is 8.05. The van der Waals surface area contributed by atoms with Crippen molar-refractivity contribution in [3.8, 4) is 0 Å². The van der Waals surface area contributed by atoms with Crippen LogP contribution in [0.2, 0.25) is 0 Å². The number of aromatic nitrogens is 1. The number of hydrogen-bond acceptors (Lipinski definition) is 4. The number of aryl methyl sites for hydroxylation is 1. The number of ether oxygens (including phenoxy) is 1. The van der Waals surface area contributed by atoms with Gasteiger partial charge in [0.05, 0.1) is 25.3 Å². The van der Waals surface area contributed by atoms with E-state index in [0.717, 1.165) is 56.6 Å². The Morgan fingerprint density at radius 1 is 1.18 bits per heavy atom. The Morgan fingerprint density at radius 3 is 2.73 bits per heavy atom. The fourth-order valence-electron chi connectivity index (χ4n) is 3.13. The van der Waals surface area contributed by atoms with Crippen LogP contribution >= 0.6 is 0 Å². The molecular formula is C17H24N2O3. The highest BCUT2D eigenvalue weighted by Crippen LogP contribution is 2.25. The van der Waals surface area contributed by atoms with Crippen molar-refractivity contribution in [3.63, 3.8) is 0 Å². The van der Waals surface area contributed by atoms with Gasteiger partial charge in [-0.3, -0.25) is 4.90 Å². The van der Waals surface area contributed by atoms with Crippen LogP contribution in [0.15, 0.2) is 30.5 Å². The number of fused-ring (bicyclic) bond motifs is 1. The highest BCUT2D eigenvalue weighted by molar-refractivity contribution is 5.84. The Kier molecular flexibility index (Phi) is 5.10. The smallest absolute Gasteiger partial charge is 0.154 e. The number of para-hydroxylation sites is 1. The fourth-order valence-corrected chi connectivity index (χ4v) is 3.13. The largest absolute Gasteiger partial charge is 0.392 e. The zero-order chi connectivity index (χ0) is 15.4. The van der Waals surface area contributed by atoms with Gasteiger partial charge in [0.25, 0.3) is 0 Å².